The van der Waals surface area contributed by atoms with Crippen LogP contribution in [0.15, 0.2) is 12.1 Å². The van der Waals surface area contributed by atoms with Crippen LogP contribution in [0.2, 0.25) is 0 Å². The zero-order valence-corrected chi connectivity index (χ0v) is 7.53. The minimum absolute atomic E-state index is 0.382. The Balaban J connectivity index is 3.26. The van der Waals surface area contributed by atoms with E-state index in [-0.39, 0.29) is 0 Å². The van der Waals surface area contributed by atoms with Gasteiger partial charge in [0.15, 0.2) is 11.5 Å². The molecule has 0 saturated carbocycles. The van der Waals surface area contributed by atoms with Gasteiger partial charge in [-0.25, -0.2) is 0 Å². The Bertz CT molecular complexity index is 323. The van der Waals surface area contributed by atoms with Crippen molar-refractivity contribution in [3.05, 3.63) is 17.7 Å². The Morgan fingerprint density at radius 2 is 1.77 bits per heavy atom. The van der Waals surface area contributed by atoms with E-state index in [0.717, 1.165) is 0 Å². The smallest absolute Gasteiger partial charge is 0.161 e. The maximum Gasteiger partial charge on any atom is 0.161 e. The number of benzene rings is 1. The van der Waals surface area contributed by atoms with E-state index in [1.165, 1.54) is 14.2 Å². The number of aldehydes is 1. The standard InChI is InChI=1S/C9H9BO3/c1-12-8-3-6(5-11)7(10)4-9(8)13-2/h3-5H,1-2H3. The van der Waals surface area contributed by atoms with Crippen LogP contribution in [0.4, 0.5) is 0 Å². The first-order valence-electron chi connectivity index (χ1n) is 3.69. The first-order valence-corrected chi connectivity index (χ1v) is 3.69. The van der Waals surface area contributed by atoms with Gasteiger partial charge in [-0.2, -0.15) is 0 Å². The van der Waals surface area contributed by atoms with Crippen LogP contribution in [0, 0.1) is 0 Å². The summed E-state index contributed by atoms with van der Waals surface area (Å²) in [5.74, 6) is 1.02. The highest BCUT2D eigenvalue weighted by molar-refractivity contribution is 6.35. The molecule has 0 aromatic heterocycles. The number of methoxy groups -OCH3 is 2. The molecule has 0 amide bonds. The van der Waals surface area contributed by atoms with Gasteiger partial charge >= 0.3 is 0 Å². The van der Waals surface area contributed by atoms with Crippen molar-refractivity contribution in [2.24, 2.45) is 0 Å². The monoisotopic (exact) mass is 176 g/mol. The first-order chi connectivity index (χ1) is 6.22. The zero-order valence-electron chi connectivity index (χ0n) is 7.53. The third kappa shape index (κ3) is 1.83. The van der Waals surface area contributed by atoms with Crippen LogP contribution < -0.4 is 14.9 Å². The predicted molar refractivity (Wildman–Crippen MR) is 50.3 cm³/mol. The molecule has 0 heterocycles. The quantitative estimate of drug-likeness (QED) is 0.491. The highest BCUT2D eigenvalue weighted by atomic mass is 16.5. The average molecular weight is 176 g/mol. The lowest BCUT2D eigenvalue weighted by molar-refractivity contribution is 0.112. The number of ether oxygens (including phenoxy) is 2. The van der Waals surface area contributed by atoms with Crippen LogP contribution in [0.1, 0.15) is 10.4 Å². The van der Waals surface area contributed by atoms with E-state index in [1.807, 2.05) is 0 Å². The van der Waals surface area contributed by atoms with Gasteiger partial charge in [-0.05, 0) is 12.1 Å². The lowest BCUT2D eigenvalue weighted by Crippen LogP contribution is -2.10. The summed E-state index contributed by atoms with van der Waals surface area (Å²) in [5.41, 5.74) is 0.783. The van der Waals surface area contributed by atoms with E-state index in [1.54, 1.807) is 12.1 Å². The Labute approximate surface area is 78.1 Å². The van der Waals surface area contributed by atoms with E-state index < -0.39 is 0 Å². The summed E-state index contributed by atoms with van der Waals surface area (Å²) in [6, 6.07) is 3.10. The maximum absolute atomic E-state index is 10.5. The molecule has 0 bridgehead atoms. The average Bonchev–Trinajstić information content (AvgIpc) is 2.17. The Kier molecular flexibility index (Phi) is 2.95. The molecule has 0 fully saturated rings. The molecule has 0 aliphatic heterocycles. The summed E-state index contributed by atoms with van der Waals surface area (Å²) in [7, 11) is 8.58. The summed E-state index contributed by atoms with van der Waals surface area (Å²) in [4.78, 5) is 10.5. The summed E-state index contributed by atoms with van der Waals surface area (Å²) in [6.07, 6.45) is 0.678. The van der Waals surface area contributed by atoms with Gasteiger partial charge in [0.25, 0.3) is 0 Å². The van der Waals surface area contributed by atoms with Crippen molar-refractivity contribution < 1.29 is 14.3 Å². The molecule has 0 spiro atoms. The molecule has 0 atom stereocenters. The Morgan fingerprint density at radius 3 is 2.23 bits per heavy atom. The van der Waals surface area contributed by atoms with Crippen molar-refractivity contribution in [1.82, 2.24) is 0 Å². The van der Waals surface area contributed by atoms with E-state index in [2.05, 4.69) is 0 Å². The van der Waals surface area contributed by atoms with Crippen molar-refractivity contribution >= 4 is 19.6 Å². The Hall–Kier alpha value is -1.45. The molecule has 1 aromatic carbocycles. The lowest BCUT2D eigenvalue weighted by Gasteiger charge is -2.09. The highest BCUT2D eigenvalue weighted by Gasteiger charge is 2.06. The number of hydrogen-bond donors (Lipinski definition) is 0. The normalized spacial score (nSPS) is 9.38. The molecule has 0 aliphatic carbocycles. The second-order valence-electron chi connectivity index (χ2n) is 2.45. The van der Waals surface area contributed by atoms with Gasteiger partial charge in [0.05, 0.1) is 14.2 Å². The summed E-state index contributed by atoms with van der Waals surface area (Å²) >= 11 is 0. The van der Waals surface area contributed by atoms with Crippen molar-refractivity contribution in [2.45, 2.75) is 0 Å². The van der Waals surface area contributed by atoms with Crippen molar-refractivity contribution in [1.29, 1.82) is 0 Å². The molecule has 2 radical (unpaired) electrons. The number of carbonyl (C=O) groups excluding carboxylic acids is 1. The third-order valence-electron chi connectivity index (χ3n) is 1.72. The highest BCUT2D eigenvalue weighted by Crippen LogP contribution is 2.25. The molecule has 66 valence electrons. The molecule has 0 N–H and O–H groups in total. The fraction of sp³-hybridized carbons (Fsp3) is 0.222. The van der Waals surface area contributed by atoms with Crippen LogP contribution >= 0.6 is 0 Å². The minimum atomic E-state index is 0.382. The SMILES string of the molecule is [B]c1cc(OC)c(OC)cc1C=O. The maximum atomic E-state index is 10.5. The topological polar surface area (TPSA) is 35.5 Å². The second kappa shape index (κ2) is 3.98. The van der Waals surface area contributed by atoms with E-state index >= 15 is 0 Å². The summed E-state index contributed by atoms with van der Waals surface area (Å²) < 4.78 is 9.99. The van der Waals surface area contributed by atoms with Crippen LogP contribution in [-0.4, -0.2) is 28.4 Å². The molecule has 3 nitrogen and oxygen atoms in total. The van der Waals surface area contributed by atoms with E-state index in [4.69, 9.17) is 17.3 Å². The van der Waals surface area contributed by atoms with Crippen molar-refractivity contribution in [3.8, 4) is 11.5 Å². The molecule has 0 unspecified atom stereocenters. The third-order valence-corrected chi connectivity index (χ3v) is 1.72. The van der Waals surface area contributed by atoms with Gasteiger partial charge in [0, 0.05) is 5.56 Å². The van der Waals surface area contributed by atoms with Gasteiger partial charge in [-0.1, -0.05) is 5.46 Å². The summed E-state index contributed by atoms with van der Waals surface area (Å²) in [6.45, 7) is 0. The van der Waals surface area contributed by atoms with Gasteiger partial charge in [-0.3, -0.25) is 4.79 Å². The molecule has 0 aliphatic rings. The van der Waals surface area contributed by atoms with Gasteiger partial charge < -0.3 is 9.47 Å². The van der Waals surface area contributed by atoms with Crippen LogP contribution in [0.5, 0.6) is 11.5 Å². The molecule has 0 saturated heterocycles. The largest absolute Gasteiger partial charge is 0.493 e. The van der Waals surface area contributed by atoms with Crippen molar-refractivity contribution in [3.63, 3.8) is 0 Å². The molecule has 1 rings (SSSR count). The molecular formula is C9H9BO3. The number of hydrogen-bond acceptors (Lipinski definition) is 3. The first kappa shape index (κ1) is 9.64. The minimum Gasteiger partial charge on any atom is -0.493 e. The van der Waals surface area contributed by atoms with Crippen LogP contribution in [-0.2, 0) is 0 Å². The Morgan fingerprint density at radius 1 is 1.23 bits per heavy atom. The zero-order chi connectivity index (χ0) is 9.84. The van der Waals surface area contributed by atoms with Crippen LogP contribution in [0.3, 0.4) is 0 Å². The van der Waals surface area contributed by atoms with Gasteiger partial charge in [0.1, 0.15) is 14.1 Å². The van der Waals surface area contributed by atoms with Gasteiger partial charge in [0.2, 0.25) is 0 Å². The number of rotatable bonds is 3. The summed E-state index contributed by atoms with van der Waals surface area (Å²) in [5, 5.41) is 0. The fourth-order valence-corrected chi connectivity index (χ4v) is 1.01. The van der Waals surface area contributed by atoms with E-state index in [0.29, 0.717) is 28.8 Å². The molecular weight excluding hydrogens is 167 g/mol. The lowest BCUT2D eigenvalue weighted by atomic mass is 9.90. The predicted octanol–water partition coefficient (Wildman–Crippen LogP) is 0.310. The molecule has 13 heavy (non-hydrogen) atoms. The van der Waals surface area contributed by atoms with Crippen LogP contribution in [0.25, 0.3) is 0 Å². The molecule has 4 heteroatoms. The molecule has 1 aromatic rings. The van der Waals surface area contributed by atoms with Crippen molar-refractivity contribution in [2.75, 3.05) is 14.2 Å². The van der Waals surface area contributed by atoms with Gasteiger partial charge in [-0.15, -0.1) is 0 Å². The second-order valence-corrected chi connectivity index (χ2v) is 2.45. The van der Waals surface area contributed by atoms with E-state index in [9.17, 15) is 4.79 Å². The fourth-order valence-electron chi connectivity index (χ4n) is 1.01. The number of carbonyl (C=O) groups is 1.